The Labute approximate surface area is 73.8 Å². The summed E-state index contributed by atoms with van der Waals surface area (Å²) < 4.78 is 0. The molecule has 0 atom stereocenters. The number of nitrogens with two attached hydrogens (primary N) is 1. The summed E-state index contributed by atoms with van der Waals surface area (Å²) in [6.07, 6.45) is 1.73. The van der Waals surface area contributed by atoms with E-state index in [0.717, 1.165) is 19.1 Å². The van der Waals surface area contributed by atoms with Gasteiger partial charge in [-0.25, -0.2) is 0 Å². The van der Waals surface area contributed by atoms with Gasteiger partial charge in [0.1, 0.15) is 0 Å². The molecular weight excluding hydrogens is 148 g/mol. The van der Waals surface area contributed by atoms with Crippen molar-refractivity contribution in [1.82, 2.24) is 5.32 Å². The molecule has 2 heteroatoms. The molecular formula is C10H15N2. The van der Waals surface area contributed by atoms with Crippen molar-refractivity contribution in [2.24, 2.45) is 5.73 Å². The van der Waals surface area contributed by atoms with Crippen molar-refractivity contribution in [3.05, 3.63) is 42.1 Å². The zero-order valence-corrected chi connectivity index (χ0v) is 7.38. The molecule has 1 rings (SSSR count). The highest BCUT2D eigenvalue weighted by atomic mass is 15.0. The van der Waals surface area contributed by atoms with Gasteiger partial charge in [0.05, 0.1) is 6.17 Å². The maximum Gasteiger partial charge on any atom is 0.0983 e. The van der Waals surface area contributed by atoms with E-state index in [-0.39, 0.29) is 0 Å². The third kappa shape index (κ3) is 3.03. The molecule has 0 fully saturated rings. The zero-order valence-electron chi connectivity index (χ0n) is 7.38. The van der Waals surface area contributed by atoms with Gasteiger partial charge in [-0.2, -0.15) is 0 Å². The van der Waals surface area contributed by atoms with Crippen LogP contribution in [0.2, 0.25) is 0 Å². The van der Waals surface area contributed by atoms with Crippen molar-refractivity contribution in [1.29, 1.82) is 0 Å². The molecule has 0 aliphatic heterocycles. The molecule has 2 nitrogen and oxygen atoms in total. The molecule has 0 aliphatic carbocycles. The monoisotopic (exact) mass is 163 g/mol. The zero-order chi connectivity index (χ0) is 8.81. The lowest BCUT2D eigenvalue weighted by Gasteiger charge is -2.09. The normalized spacial score (nSPS) is 10.6. The minimum Gasteiger partial charge on any atom is -0.311 e. The fraction of sp³-hybridized carbons (Fsp3) is 0.300. The Morgan fingerprint density at radius 1 is 1.33 bits per heavy atom. The van der Waals surface area contributed by atoms with Crippen LogP contribution in [-0.2, 0) is 6.54 Å². The van der Waals surface area contributed by atoms with E-state index in [1.807, 2.05) is 25.1 Å². The van der Waals surface area contributed by atoms with Crippen LogP contribution in [0.15, 0.2) is 30.3 Å². The van der Waals surface area contributed by atoms with Gasteiger partial charge in [-0.15, -0.1) is 0 Å². The molecule has 1 aromatic carbocycles. The summed E-state index contributed by atoms with van der Waals surface area (Å²) in [5.41, 5.74) is 6.88. The highest BCUT2D eigenvalue weighted by Crippen LogP contribution is 1.99. The first-order valence-corrected chi connectivity index (χ1v) is 4.22. The molecule has 12 heavy (non-hydrogen) atoms. The van der Waals surface area contributed by atoms with Crippen LogP contribution in [0.3, 0.4) is 0 Å². The van der Waals surface area contributed by atoms with Crippen LogP contribution in [0.4, 0.5) is 0 Å². The fourth-order valence-electron chi connectivity index (χ4n) is 0.936. The topological polar surface area (TPSA) is 38.0 Å². The van der Waals surface area contributed by atoms with Crippen LogP contribution in [-0.4, -0.2) is 0 Å². The van der Waals surface area contributed by atoms with Gasteiger partial charge in [-0.05, 0) is 12.0 Å². The van der Waals surface area contributed by atoms with Gasteiger partial charge in [0, 0.05) is 6.54 Å². The predicted molar refractivity (Wildman–Crippen MR) is 51.0 cm³/mol. The second-order valence-electron chi connectivity index (χ2n) is 2.72. The molecule has 0 spiro atoms. The van der Waals surface area contributed by atoms with Crippen LogP contribution in [0.25, 0.3) is 0 Å². The SMILES string of the molecule is CC[C](N)NCc1ccccc1. The molecule has 0 unspecified atom stereocenters. The Balaban J connectivity index is 2.33. The van der Waals surface area contributed by atoms with E-state index in [1.165, 1.54) is 5.56 Å². The molecule has 0 heterocycles. The summed E-state index contributed by atoms with van der Waals surface area (Å²) in [5.74, 6) is 0. The Morgan fingerprint density at radius 3 is 2.58 bits per heavy atom. The first-order valence-electron chi connectivity index (χ1n) is 4.22. The highest BCUT2D eigenvalue weighted by molar-refractivity contribution is 5.14. The average Bonchev–Trinajstić information content (AvgIpc) is 2.16. The molecule has 1 aromatic rings. The van der Waals surface area contributed by atoms with Crippen LogP contribution in [0.1, 0.15) is 18.9 Å². The Kier molecular flexibility index (Phi) is 3.77. The molecule has 65 valence electrons. The number of hydrogen-bond acceptors (Lipinski definition) is 2. The Hall–Kier alpha value is -0.860. The quantitative estimate of drug-likeness (QED) is 0.708. The lowest BCUT2D eigenvalue weighted by atomic mass is 10.2. The molecule has 0 bridgehead atoms. The maximum absolute atomic E-state index is 5.63. The molecule has 0 aliphatic rings. The summed E-state index contributed by atoms with van der Waals surface area (Å²) in [7, 11) is 0. The summed E-state index contributed by atoms with van der Waals surface area (Å²) in [4.78, 5) is 0. The third-order valence-corrected chi connectivity index (χ3v) is 1.74. The first kappa shape index (κ1) is 9.23. The van der Waals surface area contributed by atoms with E-state index in [9.17, 15) is 0 Å². The van der Waals surface area contributed by atoms with E-state index in [0.29, 0.717) is 0 Å². The highest BCUT2D eigenvalue weighted by Gasteiger charge is 1.97. The first-order chi connectivity index (χ1) is 5.83. The smallest absolute Gasteiger partial charge is 0.0983 e. The molecule has 0 saturated heterocycles. The van der Waals surface area contributed by atoms with Gasteiger partial charge in [-0.1, -0.05) is 37.3 Å². The summed E-state index contributed by atoms with van der Waals surface area (Å²) in [5, 5.41) is 3.14. The molecule has 3 N–H and O–H groups in total. The Bertz CT molecular complexity index is 208. The van der Waals surface area contributed by atoms with Gasteiger partial charge in [0.25, 0.3) is 0 Å². The van der Waals surface area contributed by atoms with Crippen molar-refractivity contribution in [2.75, 3.05) is 0 Å². The molecule has 0 aromatic heterocycles. The van der Waals surface area contributed by atoms with E-state index in [2.05, 4.69) is 17.4 Å². The van der Waals surface area contributed by atoms with Gasteiger partial charge in [0.15, 0.2) is 0 Å². The van der Waals surface area contributed by atoms with Crippen LogP contribution >= 0.6 is 0 Å². The summed E-state index contributed by atoms with van der Waals surface area (Å²) in [6, 6.07) is 10.2. The Morgan fingerprint density at radius 2 is 2.00 bits per heavy atom. The number of rotatable bonds is 4. The van der Waals surface area contributed by atoms with E-state index >= 15 is 0 Å². The predicted octanol–water partition coefficient (Wildman–Crippen LogP) is 1.63. The summed E-state index contributed by atoms with van der Waals surface area (Å²) >= 11 is 0. The maximum atomic E-state index is 5.63. The molecule has 1 radical (unpaired) electrons. The van der Waals surface area contributed by atoms with Gasteiger partial charge in [-0.3, -0.25) is 5.32 Å². The van der Waals surface area contributed by atoms with Gasteiger partial charge < -0.3 is 5.73 Å². The van der Waals surface area contributed by atoms with E-state index < -0.39 is 0 Å². The van der Waals surface area contributed by atoms with Crippen LogP contribution in [0, 0.1) is 6.17 Å². The van der Waals surface area contributed by atoms with Gasteiger partial charge in [0.2, 0.25) is 0 Å². The van der Waals surface area contributed by atoms with Crippen molar-refractivity contribution in [3.8, 4) is 0 Å². The van der Waals surface area contributed by atoms with Crippen molar-refractivity contribution < 1.29 is 0 Å². The number of nitrogens with one attached hydrogen (secondary N) is 1. The molecule has 0 saturated carbocycles. The van der Waals surface area contributed by atoms with E-state index in [4.69, 9.17) is 5.73 Å². The third-order valence-electron chi connectivity index (χ3n) is 1.74. The van der Waals surface area contributed by atoms with Crippen LogP contribution < -0.4 is 11.1 Å². The lowest BCUT2D eigenvalue weighted by molar-refractivity contribution is 0.646. The van der Waals surface area contributed by atoms with Gasteiger partial charge >= 0.3 is 0 Å². The largest absolute Gasteiger partial charge is 0.311 e. The van der Waals surface area contributed by atoms with Crippen molar-refractivity contribution in [3.63, 3.8) is 0 Å². The lowest BCUT2D eigenvalue weighted by Crippen LogP contribution is -2.27. The van der Waals surface area contributed by atoms with E-state index in [1.54, 1.807) is 0 Å². The average molecular weight is 163 g/mol. The fourth-order valence-corrected chi connectivity index (χ4v) is 0.936. The second-order valence-corrected chi connectivity index (χ2v) is 2.72. The second kappa shape index (κ2) is 4.91. The van der Waals surface area contributed by atoms with Crippen molar-refractivity contribution in [2.45, 2.75) is 19.9 Å². The summed E-state index contributed by atoms with van der Waals surface area (Å²) in [6.45, 7) is 2.86. The minimum absolute atomic E-state index is 0.820. The van der Waals surface area contributed by atoms with Crippen molar-refractivity contribution >= 4 is 0 Å². The molecule has 0 amide bonds. The minimum atomic E-state index is 0.820. The number of benzene rings is 1. The van der Waals surface area contributed by atoms with Crippen LogP contribution in [0.5, 0.6) is 0 Å². The standard InChI is InChI=1S/C10H15N2/c1-2-10(11)12-8-9-6-4-3-5-7-9/h3-7,12H,2,8,11H2,1H3. The number of hydrogen-bond donors (Lipinski definition) is 2.